The summed E-state index contributed by atoms with van der Waals surface area (Å²) in [5.74, 6) is -0.698. The second kappa shape index (κ2) is 4.64. The van der Waals surface area contributed by atoms with Gasteiger partial charge in [0.2, 0.25) is 5.91 Å². The normalized spacial score (nSPS) is 17.2. The summed E-state index contributed by atoms with van der Waals surface area (Å²) >= 11 is 0. The van der Waals surface area contributed by atoms with E-state index in [1.165, 1.54) is 0 Å². The van der Waals surface area contributed by atoms with Crippen LogP contribution in [0.2, 0.25) is 0 Å². The summed E-state index contributed by atoms with van der Waals surface area (Å²) < 4.78 is 0. The van der Waals surface area contributed by atoms with Gasteiger partial charge in [0.15, 0.2) is 0 Å². The van der Waals surface area contributed by atoms with E-state index in [1.807, 2.05) is 13.8 Å². The van der Waals surface area contributed by atoms with Crippen LogP contribution in [0.5, 0.6) is 0 Å². The topological polar surface area (TPSA) is 57.6 Å². The summed E-state index contributed by atoms with van der Waals surface area (Å²) in [5.41, 5.74) is -0.144. The Hall–Kier alpha value is -1.06. The SMILES string of the molecule is CCN(CCC(=O)O)C(=O)C1(CC)CC1. The number of rotatable bonds is 6. The first kappa shape index (κ1) is 12.0. The zero-order valence-corrected chi connectivity index (χ0v) is 9.45. The molecule has 0 atom stereocenters. The van der Waals surface area contributed by atoms with Crippen molar-refractivity contribution < 1.29 is 14.7 Å². The molecule has 0 aromatic heterocycles. The Kier molecular flexibility index (Phi) is 3.72. The van der Waals surface area contributed by atoms with Crippen LogP contribution >= 0.6 is 0 Å². The number of hydrogen-bond acceptors (Lipinski definition) is 2. The number of carboxylic acid groups (broad SMARTS) is 1. The largest absolute Gasteiger partial charge is 0.481 e. The first-order valence-corrected chi connectivity index (χ1v) is 5.57. The third-order valence-electron chi connectivity index (χ3n) is 3.25. The Bertz CT molecular complexity index is 259. The molecule has 0 saturated heterocycles. The number of carboxylic acids is 1. The highest BCUT2D eigenvalue weighted by molar-refractivity contribution is 5.85. The fourth-order valence-electron chi connectivity index (χ4n) is 1.84. The Balaban J connectivity index is 2.51. The van der Waals surface area contributed by atoms with Crippen LogP contribution in [0.15, 0.2) is 0 Å². The van der Waals surface area contributed by atoms with E-state index >= 15 is 0 Å². The highest BCUT2D eigenvalue weighted by Crippen LogP contribution is 2.50. The van der Waals surface area contributed by atoms with E-state index in [0.717, 1.165) is 19.3 Å². The van der Waals surface area contributed by atoms with Crippen LogP contribution in [0, 0.1) is 5.41 Å². The van der Waals surface area contributed by atoms with Gasteiger partial charge in [-0.1, -0.05) is 6.92 Å². The molecule has 0 heterocycles. The lowest BCUT2D eigenvalue weighted by Crippen LogP contribution is -2.38. The van der Waals surface area contributed by atoms with Gasteiger partial charge in [0, 0.05) is 18.5 Å². The van der Waals surface area contributed by atoms with Crippen molar-refractivity contribution >= 4 is 11.9 Å². The lowest BCUT2D eigenvalue weighted by atomic mass is 10.0. The molecule has 15 heavy (non-hydrogen) atoms. The van der Waals surface area contributed by atoms with Crippen molar-refractivity contribution in [3.05, 3.63) is 0 Å². The number of carbonyl (C=O) groups excluding carboxylic acids is 1. The first-order chi connectivity index (χ1) is 7.05. The molecule has 0 unspecified atom stereocenters. The predicted octanol–water partition coefficient (Wildman–Crippen LogP) is 1.50. The molecule has 0 radical (unpaired) electrons. The number of carbonyl (C=O) groups is 2. The molecule has 1 N–H and O–H groups in total. The maximum atomic E-state index is 12.0. The minimum atomic E-state index is -0.845. The van der Waals surface area contributed by atoms with Gasteiger partial charge in [-0.15, -0.1) is 0 Å². The van der Waals surface area contributed by atoms with Crippen LogP contribution in [0.1, 0.15) is 39.5 Å². The molecule has 0 aromatic rings. The van der Waals surface area contributed by atoms with E-state index in [4.69, 9.17) is 5.11 Å². The molecule has 4 nitrogen and oxygen atoms in total. The van der Waals surface area contributed by atoms with Gasteiger partial charge in [-0.3, -0.25) is 9.59 Å². The molecule has 1 aliphatic rings. The number of hydrogen-bond donors (Lipinski definition) is 1. The van der Waals surface area contributed by atoms with Crippen molar-refractivity contribution in [3.63, 3.8) is 0 Å². The molecule has 1 saturated carbocycles. The third-order valence-corrected chi connectivity index (χ3v) is 3.25. The van der Waals surface area contributed by atoms with Gasteiger partial charge in [0.05, 0.1) is 6.42 Å². The van der Waals surface area contributed by atoms with E-state index < -0.39 is 5.97 Å². The molecule has 86 valence electrons. The third kappa shape index (κ3) is 2.70. The Morgan fingerprint density at radius 2 is 1.93 bits per heavy atom. The van der Waals surface area contributed by atoms with E-state index in [-0.39, 0.29) is 17.7 Å². The molecule has 0 bridgehead atoms. The Labute approximate surface area is 90.3 Å². The fourth-order valence-corrected chi connectivity index (χ4v) is 1.84. The van der Waals surface area contributed by atoms with Crippen LogP contribution in [-0.2, 0) is 9.59 Å². The molecule has 0 aliphatic heterocycles. The summed E-state index contributed by atoms with van der Waals surface area (Å²) in [6.07, 6.45) is 2.84. The summed E-state index contributed by atoms with van der Waals surface area (Å²) in [5, 5.41) is 8.58. The highest BCUT2D eigenvalue weighted by Gasteiger charge is 2.49. The van der Waals surface area contributed by atoms with Crippen LogP contribution in [0.25, 0.3) is 0 Å². The predicted molar refractivity (Wildman–Crippen MR) is 56.5 cm³/mol. The minimum absolute atomic E-state index is 0.0410. The second-order valence-corrected chi connectivity index (χ2v) is 4.16. The monoisotopic (exact) mass is 213 g/mol. The maximum Gasteiger partial charge on any atom is 0.305 e. The molecule has 1 rings (SSSR count). The van der Waals surface area contributed by atoms with Gasteiger partial charge in [0.1, 0.15) is 0 Å². The highest BCUT2D eigenvalue weighted by atomic mass is 16.4. The zero-order valence-electron chi connectivity index (χ0n) is 9.45. The van der Waals surface area contributed by atoms with E-state index in [9.17, 15) is 9.59 Å². The Morgan fingerprint density at radius 3 is 2.27 bits per heavy atom. The van der Waals surface area contributed by atoms with Crippen molar-refractivity contribution in [3.8, 4) is 0 Å². The molecule has 1 fully saturated rings. The summed E-state index contributed by atoms with van der Waals surface area (Å²) in [6.45, 7) is 4.86. The van der Waals surface area contributed by atoms with Gasteiger partial charge in [-0.25, -0.2) is 0 Å². The standard InChI is InChI=1S/C11H19NO3/c1-3-11(6-7-11)10(15)12(4-2)8-5-9(13)14/h3-8H2,1-2H3,(H,13,14). The van der Waals surface area contributed by atoms with Crippen molar-refractivity contribution in [1.82, 2.24) is 4.90 Å². The molecule has 0 spiro atoms. The van der Waals surface area contributed by atoms with E-state index in [1.54, 1.807) is 4.90 Å². The van der Waals surface area contributed by atoms with Crippen LogP contribution in [0.3, 0.4) is 0 Å². The number of aliphatic carboxylic acids is 1. The molecular weight excluding hydrogens is 194 g/mol. The second-order valence-electron chi connectivity index (χ2n) is 4.16. The molecular formula is C11H19NO3. The smallest absolute Gasteiger partial charge is 0.305 e. The van der Waals surface area contributed by atoms with Crippen molar-refractivity contribution in [2.24, 2.45) is 5.41 Å². The van der Waals surface area contributed by atoms with Gasteiger partial charge >= 0.3 is 5.97 Å². The number of amides is 1. The number of nitrogens with zero attached hydrogens (tertiary/aromatic N) is 1. The van der Waals surface area contributed by atoms with Crippen molar-refractivity contribution in [2.45, 2.75) is 39.5 Å². The summed E-state index contributed by atoms with van der Waals surface area (Å²) in [4.78, 5) is 24.1. The maximum absolute atomic E-state index is 12.0. The van der Waals surface area contributed by atoms with Crippen LogP contribution in [-0.4, -0.2) is 35.0 Å². The van der Waals surface area contributed by atoms with Crippen LogP contribution < -0.4 is 0 Å². The lowest BCUT2D eigenvalue weighted by Gasteiger charge is -2.24. The minimum Gasteiger partial charge on any atom is -0.481 e. The Morgan fingerprint density at radius 1 is 1.33 bits per heavy atom. The summed E-state index contributed by atoms with van der Waals surface area (Å²) in [6, 6.07) is 0. The molecule has 1 aliphatic carbocycles. The zero-order chi connectivity index (χ0) is 11.5. The summed E-state index contributed by atoms with van der Waals surface area (Å²) in [7, 11) is 0. The van der Waals surface area contributed by atoms with Crippen molar-refractivity contribution in [1.29, 1.82) is 0 Å². The molecule has 1 amide bonds. The molecule has 4 heteroatoms. The van der Waals surface area contributed by atoms with E-state index in [0.29, 0.717) is 13.1 Å². The van der Waals surface area contributed by atoms with Crippen LogP contribution in [0.4, 0.5) is 0 Å². The fraction of sp³-hybridized carbons (Fsp3) is 0.818. The quantitative estimate of drug-likeness (QED) is 0.727. The average molecular weight is 213 g/mol. The average Bonchev–Trinajstić information content (AvgIpc) is 2.98. The van der Waals surface area contributed by atoms with Gasteiger partial charge in [0.25, 0.3) is 0 Å². The van der Waals surface area contributed by atoms with Gasteiger partial charge in [-0.05, 0) is 26.2 Å². The van der Waals surface area contributed by atoms with Gasteiger partial charge in [-0.2, -0.15) is 0 Å². The molecule has 0 aromatic carbocycles. The van der Waals surface area contributed by atoms with Gasteiger partial charge < -0.3 is 10.0 Å². The lowest BCUT2D eigenvalue weighted by molar-refractivity contribution is -0.140. The van der Waals surface area contributed by atoms with Crippen molar-refractivity contribution in [2.75, 3.05) is 13.1 Å². The first-order valence-electron chi connectivity index (χ1n) is 5.57. The van der Waals surface area contributed by atoms with E-state index in [2.05, 4.69) is 0 Å².